The molecular formula is C15H24N2O. The highest BCUT2D eigenvalue weighted by molar-refractivity contribution is 5.27. The number of hydrogen-bond acceptors (Lipinski definition) is 3. The van der Waals surface area contributed by atoms with Crippen LogP contribution in [0.5, 0.6) is 5.75 Å². The summed E-state index contributed by atoms with van der Waals surface area (Å²) in [4.78, 5) is 2.49. The molecule has 0 radical (unpaired) electrons. The van der Waals surface area contributed by atoms with Crippen LogP contribution in [-0.4, -0.2) is 37.7 Å². The topological polar surface area (TPSA) is 38.5 Å². The van der Waals surface area contributed by atoms with Crippen molar-refractivity contribution in [2.75, 3.05) is 32.8 Å². The van der Waals surface area contributed by atoms with Crippen LogP contribution < -0.4 is 10.5 Å². The molecule has 3 nitrogen and oxygen atoms in total. The van der Waals surface area contributed by atoms with Crippen molar-refractivity contribution in [2.24, 2.45) is 5.73 Å². The first kappa shape index (κ1) is 13.4. The molecule has 2 N–H and O–H groups in total. The zero-order valence-corrected chi connectivity index (χ0v) is 11.1. The summed E-state index contributed by atoms with van der Waals surface area (Å²) in [5, 5.41) is 0. The van der Waals surface area contributed by atoms with Gasteiger partial charge >= 0.3 is 0 Å². The van der Waals surface area contributed by atoms with Crippen molar-refractivity contribution >= 4 is 0 Å². The van der Waals surface area contributed by atoms with Crippen LogP contribution in [0.25, 0.3) is 0 Å². The van der Waals surface area contributed by atoms with Crippen molar-refractivity contribution in [1.82, 2.24) is 4.90 Å². The van der Waals surface area contributed by atoms with Gasteiger partial charge in [-0.15, -0.1) is 0 Å². The second-order valence-corrected chi connectivity index (χ2v) is 4.93. The van der Waals surface area contributed by atoms with Gasteiger partial charge in [0.15, 0.2) is 0 Å². The standard InChI is InChI=1S/C15H24N2O/c16-9-8-14-4-6-15(7-5-14)18-13-12-17-10-2-1-3-11-17/h4-7H,1-3,8-13,16H2. The van der Waals surface area contributed by atoms with Crippen molar-refractivity contribution in [1.29, 1.82) is 0 Å². The van der Waals surface area contributed by atoms with Crippen molar-refractivity contribution in [3.8, 4) is 5.75 Å². The van der Waals surface area contributed by atoms with E-state index in [9.17, 15) is 0 Å². The lowest BCUT2D eigenvalue weighted by Crippen LogP contribution is -2.33. The van der Waals surface area contributed by atoms with Gasteiger partial charge in [0.05, 0.1) is 0 Å². The third kappa shape index (κ3) is 4.31. The van der Waals surface area contributed by atoms with E-state index in [1.165, 1.54) is 37.9 Å². The van der Waals surface area contributed by atoms with Crippen LogP contribution in [0.2, 0.25) is 0 Å². The Bertz CT molecular complexity index is 331. The van der Waals surface area contributed by atoms with E-state index >= 15 is 0 Å². The van der Waals surface area contributed by atoms with Crippen LogP contribution in [0, 0.1) is 0 Å². The molecule has 1 saturated heterocycles. The van der Waals surface area contributed by atoms with Crippen molar-refractivity contribution in [2.45, 2.75) is 25.7 Å². The zero-order chi connectivity index (χ0) is 12.6. The van der Waals surface area contributed by atoms with E-state index in [-0.39, 0.29) is 0 Å². The SMILES string of the molecule is NCCc1ccc(OCCN2CCCCC2)cc1. The number of benzene rings is 1. The molecule has 100 valence electrons. The molecule has 1 aromatic rings. The van der Waals surface area contributed by atoms with E-state index in [0.717, 1.165) is 25.3 Å². The van der Waals surface area contributed by atoms with Gasteiger partial charge in [-0.05, 0) is 56.6 Å². The van der Waals surface area contributed by atoms with Gasteiger partial charge in [-0.1, -0.05) is 18.6 Å². The molecule has 0 aromatic heterocycles. The van der Waals surface area contributed by atoms with Gasteiger partial charge in [0.2, 0.25) is 0 Å². The largest absolute Gasteiger partial charge is 0.492 e. The molecule has 0 atom stereocenters. The van der Waals surface area contributed by atoms with E-state index in [4.69, 9.17) is 10.5 Å². The number of nitrogens with zero attached hydrogens (tertiary/aromatic N) is 1. The van der Waals surface area contributed by atoms with Crippen LogP contribution in [0.1, 0.15) is 24.8 Å². The summed E-state index contributed by atoms with van der Waals surface area (Å²) >= 11 is 0. The number of rotatable bonds is 6. The van der Waals surface area contributed by atoms with Gasteiger partial charge < -0.3 is 10.5 Å². The zero-order valence-electron chi connectivity index (χ0n) is 11.1. The Labute approximate surface area is 110 Å². The minimum atomic E-state index is 0.704. The number of nitrogens with two attached hydrogens (primary N) is 1. The molecule has 2 rings (SSSR count). The maximum atomic E-state index is 5.77. The Morgan fingerprint density at radius 2 is 1.78 bits per heavy atom. The Kier molecular flexibility index (Phi) is 5.49. The molecular weight excluding hydrogens is 224 g/mol. The van der Waals surface area contributed by atoms with Gasteiger partial charge in [0.1, 0.15) is 12.4 Å². The number of piperidine rings is 1. The van der Waals surface area contributed by atoms with Crippen molar-refractivity contribution in [3.63, 3.8) is 0 Å². The minimum Gasteiger partial charge on any atom is -0.492 e. The molecule has 18 heavy (non-hydrogen) atoms. The van der Waals surface area contributed by atoms with E-state index in [2.05, 4.69) is 17.0 Å². The maximum Gasteiger partial charge on any atom is 0.119 e. The van der Waals surface area contributed by atoms with E-state index < -0.39 is 0 Å². The third-order valence-corrected chi connectivity index (χ3v) is 3.48. The van der Waals surface area contributed by atoms with Crippen LogP contribution in [0.4, 0.5) is 0 Å². The van der Waals surface area contributed by atoms with Crippen LogP contribution in [-0.2, 0) is 6.42 Å². The summed E-state index contributed by atoms with van der Waals surface area (Å²) in [5.41, 5.74) is 6.80. The van der Waals surface area contributed by atoms with E-state index in [0.29, 0.717) is 6.54 Å². The van der Waals surface area contributed by atoms with Crippen LogP contribution in [0.15, 0.2) is 24.3 Å². The average molecular weight is 248 g/mol. The predicted octanol–water partition coefficient (Wildman–Crippen LogP) is 2.05. The van der Waals surface area contributed by atoms with Gasteiger partial charge in [-0.25, -0.2) is 0 Å². The minimum absolute atomic E-state index is 0.704. The summed E-state index contributed by atoms with van der Waals surface area (Å²) in [6.07, 6.45) is 5.01. The Morgan fingerprint density at radius 3 is 2.44 bits per heavy atom. The number of ether oxygens (including phenoxy) is 1. The first-order valence-corrected chi connectivity index (χ1v) is 7.02. The average Bonchev–Trinajstić information content (AvgIpc) is 2.42. The summed E-state index contributed by atoms with van der Waals surface area (Å²) in [6.45, 7) is 5.01. The molecule has 0 amide bonds. The molecule has 0 aliphatic carbocycles. The lowest BCUT2D eigenvalue weighted by atomic mass is 10.1. The summed E-state index contributed by atoms with van der Waals surface area (Å²) < 4.78 is 5.77. The Balaban J connectivity index is 1.69. The molecule has 0 unspecified atom stereocenters. The number of hydrogen-bond donors (Lipinski definition) is 1. The van der Waals surface area contributed by atoms with Gasteiger partial charge in [0, 0.05) is 6.54 Å². The van der Waals surface area contributed by atoms with Crippen molar-refractivity contribution in [3.05, 3.63) is 29.8 Å². The Hall–Kier alpha value is -1.06. The lowest BCUT2D eigenvalue weighted by Gasteiger charge is -2.26. The van der Waals surface area contributed by atoms with E-state index in [1.54, 1.807) is 0 Å². The number of likely N-dealkylation sites (tertiary alicyclic amines) is 1. The van der Waals surface area contributed by atoms with Crippen LogP contribution >= 0.6 is 0 Å². The van der Waals surface area contributed by atoms with E-state index in [1.807, 2.05) is 12.1 Å². The predicted molar refractivity (Wildman–Crippen MR) is 75.0 cm³/mol. The lowest BCUT2D eigenvalue weighted by molar-refractivity contribution is 0.183. The highest BCUT2D eigenvalue weighted by atomic mass is 16.5. The quantitative estimate of drug-likeness (QED) is 0.837. The molecule has 0 saturated carbocycles. The fourth-order valence-corrected chi connectivity index (χ4v) is 2.39. The molecule has 0 spiro atoms. The first-order chi connectivity index (χ1) is 8.88. The smallest absolute Gasteiger partial charge is 0.119 e. The van der Waals surface area contributed by atoms with Crippen molar-refractivity contribution < 1.29 is 4.74 Å². The van der Waals surface area contributed by atoms with Crippen LogP contribution in [0.3, 0.4) is 0 Å². The normalized spacial score (nSPS) is 16.7. The molecule has 1 fully saturated rings. The molecule has 0 bridgehead atoms. The molecule has 3 heteroatoms. The third-order valence-electron chi connectivity index (χ3n) is 3.48. The maximum absolute atomic E-state index is 5.77. The second-order valence-electron chi connectivity index (χ2n) is 4.93. The van der Waals surface area contributed by atoms with Gasteiger partial charge in [-0.2, -0.15) is 0 Å². The summed E-state index contributed by atoms with van der Waals surface area (Å²) in [5.74, 6) is 0.966. The highest BCUT2D eigenvalue weighted by Gasteiger charge is 2.09. The monoisotopic (exact) mass is 248 g/mol. The molecule has 1 heterocycles. The first-order valence-electron chi connectivity index (χ1n) is 7.02. The Morgan fingerprint density at radius 1 is 1.06 bits per heavy atom. The molecule has 1 aliphatic rings. The fourth-order valence-electron chi connectivity index (χ4n) is 2.39. The summed E-state index contributed by atoms with van der Waals surface area (Å²) in [6, 6.07) is 8.29. The second kappa shape index (κ2) is 7.39. The highest BCUT2D eigenvalue weighted by Crippen LogP contribution is 2.13. The fraction of sp³-hybridized carbons (Fsp3) is 0.600. The van der Waals surface area contributed by atoms with Gasteiger partial charge in [0.25, 0.3) is 0 Å². The van der Waals surface area contributed by atoms with Gasteiger partial charge in [-0.3, -0.25) is 4.90 Å². The molecule has 1 aliphatic heterocycles. The molecule has 1 aromatic carbocycles. The summed E-state index contributed by atoms with van der Waals surface area (Å²) in [7, 11) is 0.